The monoisotopic (exact) mass is 281 g/mol. The van der Waals surface area contributed by atoms with E-state index in [1.54, 1.807) is 9.80 Å². The molecule has 108 valence electrons. The Morgan fingerprint density at radius 2 is 1.85 bits per heavy atom. The summed E-state index contributed by atoms with van der Waals surface area (Å²) in [5.74, 6) is -1.76. The fraction of sp³-hybridized carbons (Fsp3) is 0.385. The number of carbonyl (C=O) groups excluding carboxylic acids is 1. The van der Waals surface area contributed by atoms with Gasteiger partial charge in [0.2, 0.25) is 5.91 Å². The third-order valence-corrected chi connectivity index (χ3v) is 3.42. The van der Waals surface area contributed by atoms with E-state index in [1.807, 2.05) is 0 Å². The van der Waals surface area contributed by atoms with Crippen molar-refractivity contribution in [3.05, 3.63) is 23.5 Å². The summed E-state index contributed by atoms with van der Waals surface area (Å²) in [6.07, 6.45) is 0. The second-order valence-corrected chi connectivity index (χ2v) is 4.69. The third kappa shape index (κ3) is 2.66. The van der Waals surface area contributed by atoms with Gasteiger partial charge in [-0.2, -0.15) is 0 Å². The summed E-state index contributed by atoms with van der Waals surface area (Å²) in [7, 11) is 0. The van der Waals surface area contributed by atoms with Crippen LogP contribution in [0.3, 0.4) is 0 Å². The molecule has 0 radical (unpaired) electrons. The lowest BCUT2D eigenvalue weighted by atomic mass is 10.1. The van der Waals surface area contributed by atoms with Gasteiger partial charge >= 0.3 is 5.97 Å². The summed E-state index contributed by atoms with van der Waals surface area (Å²) in [6, 6.07) is 2.27. The molecule has 1 amide bonds. The van der Waals surface area contributed by atoms with E-state index in [9.17, 15) is 14.0 Å². The van der Waals surface area contributed by atoms with Crippen LogP contribution >= 0.6 is 0 Å². The van der Waals surface area contributed by atoms with Gasteiger partial charge in [0.15, 0.2) is 0 Å². The van der Waals surface area contributed by atoms with Crippen LogP contribution in [0.15, 0.2) is 12.1 Å². The molecule has 1 heterocycles. The van der Waals surface area contributed by atoms with Gasteiger partial charge < -0.3 is 20.6 Å². The average molecular weight is 281 g/mol. The molecule has 0 spiro atoms. The summed E-state index contributed by atoms with van der Waals surface area (Å²) in [4.78, 5) is 25.7. The molecule has 1 aromatic carbocycles. The molecule has 1 fully saturated rings. The Kier molecular flexibility index (Phi) is 3.78. The predicted octanol–water partition coefficient (Wildman–Crippen LogP) is 0.775. The van der Waals surface area contributed by atoms with E-state index in [-0.39, 0.29) is 22.8 Å². The van der Waals surface area contributed by atoms with Crippen LogP contribution in [0.4, 0.5) is 15.8 Å². The van der Waals surface area contributed by atoms with Crippen molar-refractivity contribution < 1.29 is 19.1 Å². The minimum Gasteiger partial charge on any atom is -0.478 e. The Balaban J connectivity index is 2.24. The largest absolute Gasteiger partial charge is 0.478 e. The van der Waals surface area contributed by atoms with E-state index >= 15 is 0 Å². The number of amides is 1. The number of anilines is 2. The highest BCUT2D eigenvalue weighted by Gasteiger charge is 2.22. The van der Waals surface area contributed by atoms with Crippen LogP contribution in [0, 0.1) is 5.82 Å². The summed E-state index contributed by atoms with van der Waals surface area (Å²) in [5, 5.41) is 9.02. The Bertz CT molecular complexity index is 554. The summed E-state index contributed by atoms with van der Waals surface area (Å²) in [5.41, 5.74) is 5.49. The topological polar surface area (TPSA) is 86.9 Å². The first-order valence-electron chi connectivity index (χ1n) is 6.23. The van der Waals surface area contributed by atoms with Gasteiger partial charge in [0, 0.05) is 38.8 Å². The van der Waals surface area contributed by atoms with E-state index in [1.165, 1.54) is 13.0 Å². The maximum absolute atomic E-state index is 13.9. The van der Waals surface area contributed by atoms with Gasteiger partial charge in [-0.25, -0.2) is 9.18 Å². The number of nitrogen functional groups attached to an aromatic ring is 1. The van der Waals surface area contributed by atoms with Gasteiger partial charge in [0.05, 0.1) is 11.3 Å². The number of nitrogens with two attached hydrogens (primary N) is 1. The molecule has 2 rings (SSSR count). The lowest BCUT2D eigenvalue weighted by Gasteiger charge is -2.35. The average Bonchev–Trinajstić information content (AvgIpc) is 2.38. The minimum absolute atomic E-state index is 0.0198. The third-order valence-electron chi connectivity index (χ3n) is 3.42. The molecule has 20 heavy (non-hydrogen) atoms. The Morgan fingerprint density at radius 1 is 1.25 bits per heavy atom. The maximum Gasteiger partial charge on any atom is 0.337 e. The molecule has 0 aliphatic carbocycles. The standard InChI is InChI=1S/C13H16FN3O3/c1-8(18)16-2-4-17(5-3-16)12-6-9(13(19)20)11(15)7-10(12)14/h6-7H,2-5,15H2,1H3,(H,19,20). The van der Waals surface area contributed by atoms with Crippen molar-refractivity contribution in [2.75, 3.05) is 36.8 Å². The number of hydrogen-bond donors (Lipinski definition) is 2. The zero-order chi connectivity index (χ0) is 14.9. The summed E-state index contributed by atoms with van der Waals surface area (Å²) < 4.78 is 13.9. The highest BCUT2D eigenvalue weighted by molar-refractivity contribution is 5.95. The van der Waals surface area contributed by atoms with Crippen molar-refractivity contribution in [2.45, 2.75) is 6.92 Å². The second kappa shape index (κ2) is 5.36. The molecule has 1 aliphatic heterocycles. The molecule has 1 saturated heterocycles. The molecule has 7 heteroatoms. The SMILES string of the molecule is CC(=O)N1CCN(c2cc(C(=O)O)c(N)cc2F)CC1. The zero-order valence-electron chi connectivity index (χ0n) is 11.1. The van der Waals surface area contributed by atoms with E-state index < -0.39 is 11.8 Å². The van der Waals surface area contributed by atoms with Crippen LogP contribution in [0.25, 0.3) is 0 Å². The molecule has 1 aromatic rings. The molecular weight excluding hydrogens is 265 g/mol. The normalized spacial score (nSPS) is 15.3. The van der Waals surface area contributed by atoms with E-state index in [2.05, 4.69) is 0 Å². The second-order valence-electron chi connectivity index (χ2n) is 4.69. The van der Waals surface area contributed by atoms with Crippen molar-refractivity contribution in [3.8, 4) is 0 Å². The van der Waals surface area contributed by atoms with Crippen LogP contribution in [-0.2, 0) is 4.79 Å². The van der Waals surface area contributed by atoms with Crippen LogP contribution in [0.2, 0.25) is 0 Å². The van der Waals surface area contributed by atoms with Crippen molar-refractivity contribution in [3.63, 3.8) is 0 Å². The fourth-order valence-corrected chi connectivity index (χ4v) is 2.27. The van der Waals surface area contributed by atoms with Crippen molar-refractivity contribution >= 4 is 23.3 Å². The van der Waals surface area contributed by atoms with Gasteiger partial charge in [-0.05, 0) is 12.1 Å². The van der Waals surface area contributed by atoms with E-state index in [0.29, 0.717) is 26.2 Å². The number of hydrogen-bond acceptors (Lipinski definition) is 4. The van der Waals surface area contributed by atoms with Gasteiger partial charge in [-0.3, -0.25) is 4.79 Å². The minimum atomic E-state index is -1.19. The first kappa shape index (κ1) is 14.1. The Hall–Kier alpha value is -2.31. The Labute approximate surface area is 115 Å². The molecule has 0 saturated carbocycles. The molecule has 6 nitrogen and oxygen atoms in total. The number of aromatic carboxylic acids is 1. The number of carboxylic acid groups (broad SMARTS) is 1. The van der Waals surface area contributed by atoms with Crippen LogP contribution in [-0.4, -0.2) is 48.1 Å². The van der Waals surface area contributed by atoms with Crippen molar-refractivity contribution in [1.82, 2.24) is 4.90 Å². The molecule has 0 unspecified atom stereocenters. The summed E-state index contributed by atoms with van der Waals surface area (Å²) in [6.45, 7) is 3.38. The molecule has 3 N–H and O–H groups in total. The number of benzene rings is 1. The molecule has 0 atom stereocenters. The maximum atomic E-state index is 13.9. The lowest BCUT2D eigenvalue weighted by Crippen LogP contribution is -2.48. The lowest BCUT2D eigenvalue weighted by molar-refractivity contribution is -0.129. The summed E-state index contributed by atoms with van der Waals surface area (Å²) >= 11 is 0. The van der Waals surface area contributed by atoms with E-state index in [0.717, 1.165) is 6.07 Å². The predicted molar refractivity (Wildman–Crippen MR) is 72.2 cm³/mol. The molecule has 0 aromatic heterocycles. The fourth-order valence-electron chi connectivity index (χ4n) is 2.27. The van der Waals surface area contributed by atoms with E-state index in [4.69, 9.17) is 10.8 Å². The van der Waals surface area contributed by atoms with Gasteiger partial charge in [0.25, 0.3) is 0 Å². The van der Waals surface area contributed by atoms with Crippen LogP contribution < -0.4 is 10.6 Å². The quantitative estimate of drug-likeness (QED) is 0.782. The molecule has 0 bridgehead atoms. The smallest absolute Gasteiger partial charge is 0.337 e. The van der Waals surface area contributed by atoms with Crippen molar-refractivity contribution in [2.24, 2.45) is 0 Å². The number of carboxylic acids is 1. The number of nitrogens with zero attached hydrogens (tertiary/aromatic N) is 2. The van der Waals surface area contributed by atoms with Crippen LogP contribution in [0.1, 0.15) is 17.3 Å². The number of piperazine rings is 1. The number of rotatable bonds is 2. The first-order valence-corrected chi connectivity index (χ1v) is 6.23. The number of carbonyl (C=O) groups is 2. The van der Waals surface area contributed by atoms with Gasteiger partial charge in [-0.15, -0.1) is 0 Å². The molecular formula is C13H16FN3O3. The highest BCUT2D eigenvalue weighted by atomic mass is 19.1. The van der Waals surface area contributed by atoms with Gasteiger partial charge in [0.1, 0.15) is 5.82 Å². The van der Waals surface area contributed by atoms with Gasteiger partial charge in [-0.1, -0.05) is 0 Å². The van der Waals surface area contributed by atoms with Crippen molar-refractivity contribution in [1.29, 1.82) is 0 Å². The zero-order valence-corrected chi connectivity index (χ0v) is 11.1. The van der Waals surface area contributed by atoms with Crippen LogP contribution in [0.5, 0.6) is 0 Å². The highest BCUT2D eigenvalue weighted by Crippen LogP contribution is 2.26. The Morgan fingerprint density at radius 3 is 2.35 bits per heavy atom. The first-order chi connectivity index (χ1) is 9.40. The molecule has 1 aliphatic rings. The number of halogens is 1.